The van der Waals surface area contributed by atoms with E-state index in [2.05, 4.69) is 25.9 Å². The van der Waals surface area contributed by atoms with Crippen LogP contribution in [0.1, 0.15) is 159 Å². The summed E-state index contributed by atoms with van der Waals surface area (Å²) in [6.45, 7) is 12.7. The normalized spacial score (nSPS) is 11.2. The van der Waals surface area contributed by atoms with Crippen LogP contribution >= 0.6 is 0 Å². The molecule has 0 spiro atoms. The molecule has 0 aliphatic rings. The van der Waals surface area contributed by atoms with Crippen molar-refractivity contribution in [3.05, 3.63) is 52.4 Å². The summed E-state index contributed by atoms with van der Waals surface area (Å²) < 4.78 is 4.35. The quantitative estimate of drug-likeness (QED) is 0.0868. The first-order valence-electron chi connectivity index (χ1n) is 20.4. The number of hydrogen-bond acceptors (Lipinski definition) is 8. The Bertz CT molecular complexity index is 1600. The molecule has 0 aliphatic heterocycles. The molecule has 0 bridgehead atoms. The molecule has 0 fully saturated rings. The maximum absolute atomic E-state index is 13.3. The van der Waals surface area contributed by atoms with Crippen molar-refractivity contribution in [1.82, 2.24) is 44.9 Å². The van der Waals surface area contributed by atoms with Crippen LogP contribution in [0, 0.1) is 41.5 Å². The predicted molar refractivity (Wildman–Crippen MR) is 213 cm³/mol. The molecule has 0 saturated heterocycles. The van der Waals surface area contributed by atoms with E-state index in [9.17, 15) is 24.0 Å². The summed E-state index contributed by atoms with van der Waals surface area (Å²) in [5.74, 6) is -0.130. The van der Waals surface area contributed by atoms with Crippen molar-refractivity contribution in [2.75, 3.05) is 19.6 Å². The fourth-order valence-corrected chi connectivity index (χ4v) is 6.78. The van der Waals surface area contributed by atoms with Crippen LogP contribution in [-0.2, 0) is 4.79 Å². The van der Waals surface area contributed by atoms with Gasteiger partial charge in [0.1, 0.15) is 0 Å². The number of carbonyl (C=O) groups excluding carboxylic acids is 5. The van der Waals surface area contributed by atoms with Crippen LogP contribution in [0.5, 0.6) is 0 Å². The molecule has 0 atom stereocenters. The molecule has 2 N–H and O–H groups in total. The molecule has 3 rings (SSSR count). The van der Waals surface area contributed by atoms with Crippen LogP contribution in [-0.4, -0.2) is 83.7 Å². The Labute approximate surface area is 327 Å². The van der Waals surface area contributed by atoms with E-state index < -0.39 is 0 Å². The van der Waals surface area contributed by atoms with Crippen LogP contribution in [0.4, 0.5) is 9.59 Å². The highest BCUT2D eigenvalue weighted by atomic mass is 16.2. The highest BCUT2D eigenvalue weighted by Gasteiger charge is 2.20. The second-order valence-electron chi connectivity index (χ2n) is 14.9. The van der Waals surface area contributed by atoms with E-state index in [0.29, 0.717) is 51.7 Å². The Kier molecular flexibility index (Phi) is 19.5. The molecule has 3 heterocycles. The zero-order chi connectivity index (χ0) is 40.2. The lowest BCUT2D eigenvalue weighted by Crippen LogP contribution is -2.44. The van der Waals surface area contributed by atoms with Gasteiger partial charge in [0.05, 0.1) is 17.1 Å². The topological polar surface area (TPSA) is 166 Å². The first-order valence-corrected chi connectivity index (χ1v) is 20.4. The van der Waals surface area contributed by atoms with Crippen molar-refractivity contribution in [1.29, 1.82) is 0 Å². The van der Waals surface area contributed by atoms with Gasteiger partial charge in [-0.25, -0.2) is 19.0 Å². The van der Waals surface area contributed by atoms with Crippen LogP contribution in [0.15, 0.2) is 18.2 Å². The number of nitrogens with one attached hydrogen (secondary N) is 2. The highest BCUT2D eigenvalue weighted by molar-refractivity contribution is 5.94. The van der Waals surface area contributed by atoms with Crippen LogP contribution < -0.4 is 10.6 Å². The van der Waals surface area contributed by atoms with E-state index in [1.807, 2.05) is 59.7 Å². The Balaban J connectivity index is 1.33. The van der Waals surface area contributed by atoms with E-state index >= 15 is 0 Å². The molecule has 3 aromatic heterocycles. The number of aromatic nitrogens is 6. The number of unbranched alkanes of at least 4 members (excludes halogenated alkanes) is 12. The third-order valence-corrected chi connectivity index (χ3v) is 9.70. The Morgan fingerprint density at radius 3 is 1.33 bits per heavy atom. The summed E-state index contributed by atoms with van der Waals surface area (Å²) in [6.07, 6.45) is 14.1. The van der Waals surface area contributed by atoms with Crippen molar-refractivity contribution < 1.29 is 24.0 Å². The van der Waals surface area contributed by atoms with Crippen molar-refractivity contribution >= 4 is 29.8 Å². The minimum Gasteiger partial charge on any atom is -0.338 e. The Hall–Kier alpha value is -4.62. The molecule has 0 unspecified atom stereocenters. The molecule has 0 aliphatic carbocycles. The van der Waals surface area contributed by atoms with Crippen LogP contribution in [0.3, 0.4) is 0 Å². The van der Waals surface area contributed by atoms with E-state index in [4.69, 9.17) is 0 Å². The lowest BCUT2D eigenvalue weighted by molar-refractivity contribution is -0.128. The SMILES string of the molecule is Cc1cc(C)n(C(=O)CCCCCCCNC(=O)N(CCCCCCCC(=O)n2nc(C)cc2C)C(=O)CCCCCCCNC(=O)n2nc(C)cc2C)n1. The zero-order valence-corrected chi connectivity index (χ0v) is 34.3. The van der Waals surface area contributed by atoms with Gasteiger partial charge in [-0.15, -0.1) is 0 Å². The lowest BCUT2D eigenvalue weighted by Gasteiger charge is -2.21. The molecule has 55 heavy (non-hydrogen) atoms. The number of carbonyl (C=O) groups is 5. The second kappa shape index (κ2) is 24.0. The number of nitrogens with zero attached hydrogens (tertiary/aromatic N) is 7. The van der Waals surface area contributed by atoms with Gasteiger partial charge in [-0.2, -0.15) is 20.0 Å². The number of amides is 4. The van der Waals surface area contributed by atoms with Crippen LogP contribution in [0.25, 0.3) is 0 Å². The molecule has 3 aromatic rings. The van der Waals surface area contributed by atoms with Gasteiger partial charge >= 0.3 is 12.1 Å². The van der Waals surface area contributed by atoms with Gasteiger partial charge in [0.2, 0.25) is 17.7 Å². The minimum absolute atomic E-state index is 0.00645. The zero-order valence-electron chi connectivity index (χ0n) is 34.3. The van der Waals surface area contributed by atoms with Crippen molar-refractivity contribution in [3.8, 4) is 0 Å². The van der Waals surface area contributed by atoms with Crippen LogP contribution in [0.2, 0.25) is 0 Å². The maximum atomic E-state index is 13.3. The summed E-state index contributed by atoms with van der Waals surface area (Å²) in [7, 11) is 0. The summed E-state index contributed by atoms with van der Waals surface area (Å²) in [5.41, 5.74) is 4.99. The average Bonchev–Trinajstić information content (AvgIpc) is 3.79. The largest absolute Gasteiger partial charge is 0.342 e. The van der Waals surface area contributed by atoms with Crippen molar-refractivity contribution in [2.45, 2.75) is 157 Å². The summed E-state index contributed by atoms with van der Waals surface area (Å²) >= 11 is 0. The van der Waals surface area contributed by atoms with E-state index in [1.165, 1.54) is 18.9 Å². The van der Waals surface area contributed by atoms with Gasteiger partial charge in [-0.3, -0.25) is 19.3 Å². The van der Waals surface area contributed by atoms with Gasteiger partial charge in [-0.1, -0.05) is 57.8 Å². The first kappa shape index (κ1) is 44.8. The summed E-state index contributed by atoms with van der Waals surface area (Å²) in [5, 5.41) is 18.6. The van der Waals surface area contributed by atoms with Gasteiger partial charge in [-0.05, 0) is 98.3 Å². The summed E-state index contributed by atoms with van der Waals surface area (Å²) in [6, 6.07) is 5.11. The second-order valence-corrected chi connectivity index (χ2v) is 14.9. The predicted octanol–water partition coefficient (Wildman–Crippen LogP) is 7.93. The van der Waals surface area contributed by atoms with E-state index in [0.717, 1.165) is 118 Å². The molecule has 0 saturated carbocycles. The fourth-order valence-electron chi connectivity index (χ4n) is 6.78. The third-order valence-electron chi connectivity index (χ3n) is 9.70. The fraction of sp³-hybridized carbons (Fsp3) is 0.659. The number of urea groups is 1. The van der Waals surface area contributed by atoms with Gasteiger partial charge in [0, 0.05) is 56.0 Å². The monoisotopic (exact) mass is 764 g/mol. The lowest BCUT2D eigenvalue weighted by atomic mass is 10.1. The Morgan fingerprint density at radius 1 is 0.491 bits per heavy atom. The van der Waals surface area contributed by atoms with Crippen molar-refractivity contribution in [2.24, 2.45) is 0 Å². The molecule has 14 nitrogen and oxygen atoms in total. The van der Waals surface area contributed by atoms with E-state index in [1.54, 1.807) is 0 Å². The average molecular weight is 764 g/mol. The number of rotatable bonds is 24. The molecule has 0 radical (unpaired) electrons. The molecule has 4 amide bonds. The molecular formula is C41H65N9O5. The third kappa shape index (κ3) is 15.9. The summed E-state index contributed by atoms with van der Waals surface area (Å²) in [4.78, 5) is 65.1. The van der Waals surface area contributed by atoms with Gasteiger partial charge < -0.3 is 10.6 Å². The highest BCUT2D eigenvalue weighted by Crippen LogP contribution is 2.13. The van der Waals surface area contributed by atoms with E-state index in [-0.39, 0.29) is 29.8 Å². The van der Waals surface area contributed by atoms with Crippen molar-refractivity contribution in [3.63, 3.8) is 0 Å². The smallest absolute Gasteiger partial charge is 0.338 e. The van der Waals surface area contributed by atoms with Gasteiger partial charge in [0.25, 0.3) is 0 Å². The molecule has 0 aromatic carbocycles. The molecule has 304 valence electrons. The minimum atomic E-state index is -0.339. The molecular weight excluding hydrogens is 699 g/mol. The maximum Gasteiger partial charge on any atom is 0.342 e. The standard InChI is InChI=1S/C41H65N9O5/c1-31-28-34(4)48(44-31)38(52)23-17-11-8-13-19-25-42-40(54)47(27-21-15-9-12-18-24-39(53)49-35(5)29-32(2)45-49)37(51)22-16-10-7-14-20-26-43-41(55)50-36(6)30-33(3)46-50/h28-30H,7-27H2,1-6H3,(H,42,54)(H,43,55). The molecule has 14 heteroatoms. The number of hydrogen-bond donors (Lipinski definition) is 2. The first-order chi connectivity index (χ1) is 26.4. The Morgan fingerprint density at radius 2 is 0.873 bits per heavy atom. The number of imide groups is 1. The van der Waals surface area contributed by atoms with Gasteiger partial charge in [0.15, 0.2) is 0 Å². The number of aryl methyl sites for hydroxylation is 6.